The maximum Gasteiger partial charge on any atom is 0.291 e. The van der Waals surface area contributed by atoms with Gasteiger partial charge in [0.05, 0.1) is 24.1 Å². The predicted octanol–water partition coefficient (Wildman–Crippen LogP) is 4.25. The summed E-state index contributed by atoms with van der Waals surface area (Å²) < 4.78 is 11.2. The van der Waals surface area contributed by atoms with Crippen LogP contribution in [-0.4, -0.2) is 23.0 Å². The van der Waals surface area contributed by atoms with Crippen molar-refractivity contribution < 1.29 is 19.1 Å². The molecule has 1 aliphatic rings. The second kappa shape index (κ2) is 7.32. The van der Waals surface area contributed by atoms with Gasteiger partial charge >= 0.3 is 0 Å². The number of para-hydroxylation sites is 1. The minimum absolute atomic E-state index is 0.0176. The summed E-state index contributed by atoms with van der Waals surface area (Å²) in [4.78, 5) is 28.5. The molecule has 31 heavy (non-hydrogen) atoms. The number of aromatic hydroxyl groups is 1. The monoisotopic (exact) mass is 413 g/mol. The highest BCUT2D eigenvalue weighted by atomic mass is 16.5. The molecule has 6 heteroatoms. The van der Waals surface area contributed by atoms with E-state index < -0.39 is 6.04 Å². The molecule has 0 radical (unpaired) electrons. The summed E-state index contributed by atoms with van der Waals surface area (Å²) >= 11 is 0. The number of phenols is 1. The molecule has 1 unspecified atom stereocenters. The fourth-order valence-electron chi connectivity index (χ4n) is 4.12. The number of ether oxygens (including phenoxy) is 1. The molecule has 4 aromatic rings. The van der Waals surface area contributed by atoms with Crippen molar-refractivity contribution in [1.82, 2.24) is 4.90 Å². The second-order valence-electron chi connectivity index (χ2n) is 7.42. The first-order valence-corrected chi connectivity index (χ1v) is 9.86. The predicted molar refractivity (Wildman–Crippen MR) is 115 cm³/mol. The van der Waals surface area contributed by atoms with Crippen molar-refractivity contribution in [3.05, 3.63) is 105 Å². The third kappa shape index (κ3) is 3.04. The molecule has 1 amide bonds. The van der Waals surface area contributed by atoms with Gasteiger partial charge in [0.15, 0.2) is 16.9 Å². The molecule has 0 aliphatic carbocycles. The van der Waals surface area contributed by atoms with Crippen LogP contribution in [0.2, 0.25) is 0 Å². The van der Waals surface area contributed by atoms with Gasteiger partial charge < -0.3 is 19.2 Å². The van der Waals surface area contributed by atoms with E-state index in [2.05, 4.69) is 0 Å². The van der Waals surface area contributed by atoms with Crippen molar-refractivity contribution >= 4 is 16.9 Å². The molecule has 0 saturated carbocycles. The molecule has 2 heterocycles. The zero-order chi connectivity index (χ0) is 21.5. The van der Waals surface area contributed by atoms with Crippen LogP contribution in [0.5, 0.6) is 11.5 Å². The molecule has 154 valence electrons. The fourth-order valence-corrected chi connectivity index (χ4v) is 4.12. The Kier molecular flexibility index (Phi) is 4.47. The molecule has 0 bridgehead atoms. The van der Waals surface area contributed by atoms with Crippen LogP contribution in [-0.2, 0) is 6.54 Å². The highest BCUT2D eigenvalue weighted by Gasteiger charge is 2.42. The van der Waals surface area contributed by atoms with Gasteiger partial charge in [0, 0.05) is 6.54 Å². The molecule has 0 fully saturated rings. The Morgan fingerprint density at radius 1 is 1.00 bits per heavy atom. The third-order valence-electron chi connectivity index (χ3n) is 5.59. The summed E-state index contributed by atoms with van der Waals surface area (Å²) in [5.41, 5.74) is 2.02. The van der Waals surface area contributed by atoms with Crippen LogP contribution in [0.25, 0.3) is 11.0 Å². The maximum absolute atomic E-state index is 13.4. The lowest BCUT2D eigenvalue weighted by Gasteiger charge is -2.25. The number of carbonyl (C=O) groups is 1. The molecular formula is C25H19NO5. The lowest BCUT2D eigenvalue weighted by molar-refractivity contribution is 0.0714. The van der Waals surface area contributed by atoms with Gasteiger partial charge in [-0.1, -0.05) is 48.5 Å². The van der Waals surface area contributed by atoms with Crippen molar-refractivity contribution in [3.8, 4) is 11.5 Å². The average molecular weight is 413 g/mol. The number of carbonyl (C=O) groups excluding carboxylic acids is 1. The zero-order valence-corrected chi connectivity index (χ0v) is 16.7. The number of hydrogen-bond donors (Lipinski definition) is 1. The Hall–Kier alpha value is -4.06. The number of nitrogens with zero attached hydrogens (tertiary/aromatic N) is 1. The van der Waals surface area contributed by atoms with E-state index in [4.69, 9.17) is 9.15 Å². The molecule has 0 saturated heterocycles. The first kappa shape index (κ1) is 18.9. The molecule has 5 rings (SSSR count). The lowest BCUT2D eigenvalue weighted by Crippen LogP contribution is -2.29. The summed E-state index contributed by atoms with van der Waals surface area (Å²) in [6, 6.07) is 20.6. The quantitative estimate of drug-likeness (QED) is 0.541. The molecule has 6 nitrogen and oxygen atoms in total. The van der Waals surface area contributed by atoms with Crippen LogP contribution in [0.15, 0.2) is 82.0 Å². The van der Waals surface area contributed by atoms with E-state index in [0.717, 1.165) is 5.56 Å². The number of benzene rings is 3. The topological polar surface area (TPSA) is 80.0 Å². The largest absolute Gasteiger partial charge is 0.504 e. The third-order valence-corrected chi connectivity index (χ3v) is 5.59. The summed E-state index contributed by atoms with van der Waals surface area (Å²) in [6.07, 6.45) is 0. The molecular weight excluding hydrogens is 394 g/mol. The van der Waals surface area contributed by atoms with Gasteiger partial charge in [-0.2, -0.15) is 0 Å². The van der Waals surface area contributed by atoms with Gasteiger partial charge in [-0.05, 0) is 35.4 Å². The molecule has 0 spiro atoms. The van der Waals surface area contributed by atoms with Crippen molar-refractivity contribution in [2.24, 2.45) is 0 Å². The number of rotatable bonds is 4. The van der Waals surface area contributed by atoms with E-state index in [0.29, 0.717) is 28.6 Å². The SMILES string of the molecule is COc1cc(C2c3c(oc4ccccc4c3=O)C(=O)N2Cc2ccccc2)ccc1O. The standard InChI is InChI=1S/C25H19NO5/c1-30-20-13-16(11-12-18(20)27)22-21-23(28)17-9-5-6-10-19(17)31-24(21)25(29)26(22)14-15-7-3-2-4-8-15/h2-13,22,27H,14H2,1H3. The fraction of sp³-hybridized carbons (Fsp3) is 0.120. The van der Waals surface area contributed by atoms with E-state index in [1.54, 1.807) is 41.3 Å². The van der Waals surface area contributed by atoms with Gasteiger partial charge in [0.1, 0.15) is 5.58 Å². The number of fused-ring (bicyclic) bond motifs is 2. The lowest BCUT2D eigenvalue weighted by atomic mass is 9.98. The number of methoxy groups -OCH3 is 1. The Labute approximate surface area is 177 Å². The Balaban J connectivity index is 1.74. The van der Waals surface area contributed by atoms with Crippen LogP contribution in [0.4, 0.5) is 0 Å². The van der Waals surface area contributed by atoms with E-state index in [9.17, 15) is 14.7 Å². The van der Waals surface area contributed by atoms with E-state index in [1.807, 2.05) is 30.3 Å². The number of phenolic OH excluding ortho intramolecular Hbond substituents is 1. The zero-order valence-electron chi connectivity index (χ0n) is 16.7. The molecule has 3 aromatic carbocycles. The Morgan fingerprint density at radius 3 is 2.52 bits per heavy atom. The number of hydrogen-bond acceptors (Lipinski definition) is 5. The second-order valence-corrected chi connectivity index (χ2v) is 7.42. The Bertz CT molecular complexity index is 1360. The first-order valence-electron chi connectivity index (χ1n) is 9.86. The van der Waals surface area contributed by atoms with Crippen LogP contribution in [0, 0.1) is 0 Å². The first-order chi connectivity index (χ1) is 15.1. The smallest absolute Gasteiger partial charge is 0.291 e. The van der Waals surface area contributed by atoms with Crippen LogP contribution in [0.3, 0.4) is 0 Å². The minimum Gasteiger partial charge on any atom is -0.504 e. The summed E-state index contributed by atoms with van der Waals surface area (Å²) in [5, 5.41) is 10.5. The average Bonchev–Trinajstić information content (AvgIpc) is 3.07. The van der Waals surface area contributed by atoms with Gasteiger partial charge in [0.2, 0.25) is 5.76 Å². The van der Waals surface area contributed by atoms with Gasteiger partial charge in [-0.15, -0.1) is 0 Å². The molecule has 1 N–H and O–H groups in total. The van der Waals surface area contributed by atoms with Gasteiger partial charge in [-0.25, -0.2) is 0 Å². The van der Waals surface area contributed by atoms with E-state index >= 15 is 0 Å². The van der Waals surface area contributed by atoms with Crippen LogP contribution in [0.1, 0.15) is 33.3 Å². The highest BCUT2D eigenvalue weighted by molar-refractivity contribution is 5.99. The van der Waals surface area contributed by atoms with E-state index in [-0.39, 0.29) is 28.6 Å². The van der Waals surface area contributed by atoms with Gasteiger partial charge in [0.25, 0.3) is 5.91 Å². The van der Waals surface area contributed by atoms with Crippen molar-refractivity contribution in [3.63, 3.8) is 0 Å². The molecule has 1 atom stereocenters. The van der Waals surface area contributed by atoms with Crippen molar-refractivity contribution in [1.29, 1.82) is 0 Å². The summed E-state index contributed by atoms with van der Waals surface area (Å²) in [6.45, 7) is 0.299. The van der Waals surface area contributed by atoms with Crippen LogP contribution < -0.4 is 10.2 Å². The van der Waals surface area contributed by atoms with Crippen molar-refractivity contribution in [2.75, 3.05) is 7.11 Å². The maximum atomic E-state index is 13.4. The van der Waals surface area contributed by atoms with Crippen LogP contribution >= 0.6 is 0 Å². The summed E-state index contributed by atoms with van der Waals surface area (Å²) in [7, 11) is 1.45. The highest BCUT2D eigenvalue weighted by Crippen LogP contribution is 2.41. The summed E-state index contributed by atoms with van der Waals surface area (Å²) in [5.74, 6) is -0.0467. The number of amides is 1. The van der Waals surface area contributed by atoms with Crippen molar-refractivity contribution in [2.45, 2.75) is 12.6 Å². The normalized spacial score (nSPS) is 15.3. The van der Waals surface area contributed by atoms with Gasteiger partial charge in [-0.3, -0.25) is 9.59 Å². The molecule has 1 aromatic heterocycles. The van der Waals surface area contributed by atoms with E-state index in [1.165, 1.54) is 13.2 Å². The molecule has 1 aliphatic heterocycles. The minimum atomic E-state index is -0.668. The Morgan fingerprint density at radius 2 is 1.74 bits per heavy atom.